The molecule has 0 saturated carbocycles. The Kier molecular flexibility index (Phi) is 6.61. The van der Waals surface area contributed by atoms with Crippen LogP contribution in [0.25, 0.3) is 0 Å². The van der Waals surface area contributed by atoms with Crippen molar-refractivity contribution in [1.29, 1.82) is 0 Å². The van der Waals surface area contributed by atoms with Gasteiger partial charge in [-0.05, 0) is 24.0 Å². The second kappa shape index (κ2) is 8.97. The lowest BCUT2D eigenvalue weighted by Crippen LogP contribution is -2.32. The van der Waals surface area contributed by atoms with Gasteiger partial charge in [0.05, 0.1) is 13.0 Å². The maximum atomic E-state index is 11.0. The maximum Gasteiger partial charge on any atom is 0.305 e. The number of carboxylic acids is 1. The van der Waals surface area contributed by atoms with Crippen molar-refractivity contribution in [1.82, 2.24) is 5.48 Å². The molecular weight excluding hydrogens is 278 g/mol. The predicted octanol–water partition coefficient (Wildman–Crippen LogP) is 3.18. The first-order valence-corrected chi connectivity index (χ1v) is 7.41. The van der Waals surface area contributed by atoms with Gasteiger partial charge in [0.25, 0.3) is 0 Å². The number of aryl methyl sites for hydroxylation is 1. The van der Waals surface area contributed by atoms with Gasteiger partial charge in [-0.1, -0.05) is 60.7 Å². The zero-order valence-corrected chi connectivity index (χ0v) is 12.4. The van der Waals surface area contributed by atoms with Crippen LogP contribution < -0.4 is 5.48 Å². The van der Waals surface area contributed by atoms with Gasteiger partial charge in [0.2, 0.25) is 0 Å². The summed E-state index contributed by atoms with van der Waals surface area (Å²) in [6.45, 7) is 0.419. The monoisotopic (exact) mass is 299 g/mol. The van der Waals surface area contributed by atoms with Crippen LogP contribution >= 0.6 is 0 Å². The van der Waals surface area contributed by atoms with Gasteiger partial charge in [-0.2, -0.15) is 5.48 Å². The van der Waals surface area contributed by atoms with Gasteiger partial charge < -0.3 is 5.11 Å². The summed E-state index contributed by atoms with van der Waals surface area (Å²) in [5, 5.41) is 9.00. The number of nitrogens with one attached hydrogen (secondary N) is 1. The molecule has 4 nitrogen and oxygen atoms in total. The van der Waals surface area contributed by atoms with E-state index in [9.17, 15) is 4.79 Å². The molecule has 0 saturated heterocycles. The molecule has 2 aromatic rings. The highest BCUT2D eigenvalue weighted by atomic mass is 16.6. The molecule has 0 heterocycles. The Morgan fingerprint density at radius 2 is 1.59 bits per heavy atom. The van der Waals surface area contributed by atoms with Crippen LogP contribution in [-0.4, -0.2) is 17.1 Å². The van der Waals surface area contributed by atoms with Gasteiger partial charge in [0.15, 0.2) is 0 Å². The molecule has 22 heavy (non-hydrogen) atoms. The molecule has 0 unspecified atom stereocenters. The molecule has 4 heteroatoms. The standard InChI is InChI=1S/C18H21NO3/c20-18(21)13-17(12-11-15-7-3-1-4-8-15)19-22-14-16-9-5-2-6-10-16/h1-10,17,19H,11-14H2,(H,20,21)/t17-/m0/s1. The fraction of sp³-hybridized carbons (Fsp3) is 0.278. The average Bonchev–Trinajstić information content (AvgIpc) is 2.54. The van der Waals surface area contributed by atoms with Crippen molar-refractivity contribution < 1.29 is 14.7 Å². The number of hydrogen-bond acceptors (Lipinski definition) is 3. The van der Waals surface area contributed by atoms with Crippen molar-refractivity contribution in [2.24, 2.45) is 0 Å². The number of hydroxylamine groups is 1. The largest absolute Gasteiger partial charge is 0.481 e. The SMILES string of the molecule is O=C(O)C[C@H](CCc1ccccc1)NOCc1ccccc1. The third kappa shape index (κ3) is 6.08. The fourth-order valence-electron chi connectivity index (χ4n) is 2.22. The van der Waals surface area contributed by atoms with Crippen molar-refractivity contribution >= 4 is 5.97 Å². The summed E-state index contributed by atoms with van der Waals surface area (Å²) in [6, 6.07) is 19.6. The molecule has 0 spiro atoms. The van der Waals surface area contributed by atoms with E-state index in [-0.39, 0.29) is 12.5 Å². The highest BCUT2D eigenvalue weighted by Gasteiger charge is 2.13. The summed E-state index contributed by atoms with van der Waals surface area (Å²) in [5.41, 5.74) is 5.13. The molecule has 0 amide bonds. The molecule has 0 aliphatic rings. The van der Waals surface area contributed by atoms with E-state index in [4.69, 9.17) is 9.94 Å². The summed E-state index contributed by atoms with van der Waals surface area (Å²) < 4.78 is 0. The molecule has 2 rings (SSSR count). The average molecular weight is 299 g/mol. The molecule has 0 aromatic heterocycles. The zero-order valence-electron chi connectivity index (χ0n) is 12.4. The molecular formula is C18H21NO3. The lowest BCUT2D eigenvalue weighted by atomic mass is 10.0. The molecule has 2 aromatic carbocycles. The molecule has 0 aliphatic heterocycles. The smallest absolute Gasteiger partial charge is 0.305 e. The van der Waals surface area contributed by atoms with Crippen molar-refractivity contribution in [3.63, 3.8) is 0 Å². The number of carbonyl (C=O) groups is 1. The van der Waals surface area contributed by atoms with E-state index in [1.807, 2.05) is 60.7 Å². The minimum atomic E-state index is -0.825. The topological polar surface area (TPSA) is 58.6 Å². The Morgan fingerprint density at radius 1 is 1.00 bits per heavy atom. The number of rotatable bonds is 9. The third-order valence-corrected chi connectivity index (χ3v) is 3.38. The fourth-order valence-corrected chi connectivity index (χ4v) is 2.22. The number of benzene rings is 2. The summed E-state index contributed by atoms with van der Waals surface area (Å²) in [4.78, 5) is 16.4. The lowest BCUT2D eigenvalue weighted by Gasteiger charge is -2.16. The first-order chi connectivity index (χ1) is 10.7. The molecule has 0 radical (unpaired) electrons. The van der Waals surface area contributed by atoms with E-state index in [1.165, 1.54) is 5.56 Å². The number of hydrogen-bond donors (Lipinski definition) is 2. The normalized spacial score (nSPS) is 12.0. The van der Waals surface area contributed by atoms with E-state index < -0.39 is 5.97 Å². The second-order valence-electron chi connectivity index (χ2n) is 5.21. The first-order valence-electron chi connectivity index (χ1n) is 7.41. The number of aliphatic carboxylic acids is 1. The highest BCUT2D eigenvalue weighted by Crippen LogP contribution is 2.08. The number of carboxylic acid groups (broad SMARTS) is 1. The van der Waals surface area contributed by atoms with Gasteiger partial charge in [0.1, 0.15) is 0 Å². The minimum Gasteiger partial charge on any atom is -0.481 e. The van der Waals surface area contributed by atoms with Crippen LogP contribution in [0.5, 0.6) is 0 Å². The van der Waals surface area contributed by atoms with Gasteiger partial charge in [0, 0.05) is 6.04 Å². The Bertz CT molecular complexity index is 557. The van der Waals surface area contributed by atoms with Gasteiger partial charge in [-0.15, -0.1) is 0 Å². The molecule has 116 valence electrons. The zero-order chi connectivity index (χ0) is 15.6. The molecule has 0 fully saturated rings. The van der Waals surface area contributed by atoms with E-state index in [0.717, 1.165) is 12.0 Å². The molecule has 2 N–H and O–H groups in total. The summed E-state index contributed by atoms with van der Waals surface area (Å²) >= 11 is 0. The van der Waals surface area contributed by atoms with Crippen LogP contribution in [-0.2, 0) is 22.7 Å². The van der Waals surface area contributed by atoms with Crippen LogP contribution in [0.4, 0.5) is 0 Å². The van der Waals surface area contributed by atoms with Crippen LogP contribution in [0.2, 0.25) is 0 Å². The summed E-state index contributed by atoms with van der Waals surface area (Å²) in [5.74, 6) is -0.825. The Labute approximate surface area is 130 Å². The highest BCUT2D eigenvalue weighted by molar-refractivity contribution is 5.67. The Hall–Kier alpha value is -2.17. The van der Waals surface area contributed by atoms with Gasteiger partial charge in [-0.3, -0.25) is 9.63 Å². The van der Waals surface area contributed by atoms with E-state index in [1.54, 1.807) is 0 Å². The van der Waals surface area contributed by atoms with Crippen LogP contribution in [0, 0.1) is 0 Å². The lowest BCUT2D eigenvalue weighted by molar-refractivity contribution is -0.138. The Balaban J connectivity index is 1.79. The van der Waals surface area contributed by atoms with Crippen LogP contribution in [0.1, 0.15) is 24.0 Å². The van der Waals surface area contributed by atoms with Gasteiger partial charge in [-0.25, -0.2) is 0 Å². The quantitative estimate of drug-likeness (QED) is 0.698. The molecule has 0 aliphatic carbocycles. The van der Waals surface area contributed by atoms with Crippen LogP contribution in [0.15, 0.2) is 60.7 Å². The predicted molar refractivity (Wildman–Crippen MR) is 85.2 cm³/mol. The van der Waals surface area contributed by atoms with E-state index >= 15 is 0 Å². The minimum absolute atomic E-state index is 0.0433. The van der Waals surface area contributed by atoms with Crippen molar-refractivity contribution in [2.75, 3.05) is 0 Å². The van der Waals surface area contributed by atoms with Crippen LogP contribution in [0.3, 0.4) is 0 Å². The first kappa shape index (κ1) is 16.2. The van der Waals surface area contributed by atoms with Crippen molar-refractivity contribution in [2.45, 2.75) is 31.9 Å². The summed E-state index contributed by atoms with van der Waals surface area (Å²) in [7, 11) is 0. The van der Waals surface area contributed by atoms with E-state index in [2.05, 4.69) is 5.48 Å². The molecule has 0 bridgehead atoms. The third-order valence-electron chi connectivity index (χ3n) is 3.38. The second-order valence-corrected chi connectivity index (χ2v) is 5.21. The van der Waals surface area contributed by atoms with Crippen molar-refractivity contribution in [3.8, 4) is 0 Å². The Morgan fingerprint density at radius 3 is 2.18 bits per heavy atom. The maximum absolute atomic E-state index is 11.0. The molecule has 1 atom stereocenters. The van der Waals surface area contributed by atoms with Gasteiger partial charge >= 0.3 is 5.97 Å². The summed E-state index contributed by atoms with van der Waals surface area (Å²) in [6.07, 6.45) is 1.58. The van der Waals surface area contributed by atoms with E-state index in [0.29, 0.717) is 13.0 Å². The van der Waals surface area contributed by atoms with Crippen molar-refractivity contribution in [3.05, 3.63) is 71.8 Å².